The van der Waals surface area contributed by atoms with E-state index in [1.54, 1.807) is 24.3 Å². The van der Waals surface area contributed by atoms with Crippen LogP contribution in [0.1, 0.15) is 11.6 Å². The summed E-state index contributed by atoms with van der Waals surface area (Å²) in [4.78, 5) is 24.3. The number of aliphatic hydroxyl groups excluding tert-OH is 1. The summed E-state index contributed by atoms with van der Waals surface area (Å²) in [6.45, 7) is 0.767. The van der Waals surface area contributed by atoms with Crippen molar-refractivity contribution in [3.05, 3.63) is 29.8 Å². The fourth-order valence-electron chi connectivity index (χ4n) is 1.83. The molecule has 1 unspecified atom stereocenters. The SMILES string of the molecule is NC(CO)c1ccc(N2CCNC(=O)C2=O)cc1. The number of benzene rings is 1. The first-order valence-corrected chi connectivity index (χ1v) is 5.69. The zero-order chi connectivity index (χ0) is 13.1. The summed E-state index contributed by atoms with van der Waals surface area (Å²) < 4.78 is 0. The maximum absolute atomic E-state index is 11.6. The maximum atomic E-state index is 11.6. The number of hydrogen-bond acceptors (Lipinski definition) is 4. The maximum Gasteiger partial charge on any atom is 0.316 e. The second-order valence-corrected chi connectivity index (χ2v) is 4.09. The molecule has 1 saturated heterocycles. The molecule has 2 amide bonds. The van der Waals surface area contributed by atoms with Crippen LogP contribution < -0.4 is 16.0 Å². The number of hydrogen-bond donors (Lipinski definition) is 3. The van der Waals surface area contributed by atoms with Gasteiger partial charge in [-0.15, -0.1) is 0 Å². The average Bonchev–Trinajstić information content (AvgIpc) is 2.41. The van der Waals surface area contributed by atoms with E-state index in [-0.39, 0.29) is 6.61 Å². The lowest BCUT2D eigenvalue weighted by atomic mass is 10.1. The van der Waals surface area contributed by atoms with Crippen LogP contribution in [0.5, 0.6) is 0 Å². The Balaban J connectivity index is 2.19. The van der Waals surface area contributed by atoms with Gasteiger partial charge in [0.1, 0.15) is 0 Å². The molecule has 0 radical (unpaired) electrons. The Morgan fingerprint density at radius 2 is 2.00 bits per heavy atom. The van der Waals surface area contributed by atoms with Crippen molar-refractivity contribution in [1.82, 2.24) is 5.32 Å². The predicted molar refractivity (Wildman–Crippen MR) is 65.8 cm³/mol. The number of carbonyl (C=O) groups is 2. The monoisotopic (exact) mass is 249 g/mol. The summed E-state index contributed by atoms with van der Waals surface area (Å²) in [5, 5.41) is 11.4. The van der Waals surface area contributed by atoms with Gasteiger partial charge < -0.3 is 21.1 Å². The van der Waals surface area contributed by atoms with Crippen molar-refractivity contribution in [1.29, 1.82) is 0 Å². The number of rotatable bonds is 3. The first kappa shape index (κ1) is 12.5. The predicted octanol–water partition coefficient (Wildman–Crippen LogP) is -0.859. The van der Waals surface area contributed by atoms with E-state index in [1.165, 1.54) is 4.90 Å². The highest BCUT2D eigenvalue weighted by Gasteiger charge is 2.27. The topological polar surface area (TPSA) is 95.7 Å². The first-order chi connectivity index (χ1) is 8.63. The smallest absolute Gasteiger partial charge is 0.316 e. The Morgan fingerprint density at radius 1 is 1.33 bits per heavy atom. The fraction of sp³-hybridized carbons (Fsp3) is 0.333. The number of piperazine rings is 1. The molecule has 96 valence electrons. The second-order valence-electron chi connectivity index (χ2n) is 4.09. The number of carbonyl (C=O) groups excluding carboxylic acids is 2. The van der Waals surface area contributed by atoms with Crippen molar-refractivity contribution in [2.45, 2.75) is 6.04 Å². The van der Waals surface area contributed by atoms with Gasteiger partial charge in [0.2, 0.25) is 0 Å². The minimum absolute atomic E-state index is 0.135. The van der Waals surface area contributed by atoms with Crippen LogP contribution in [0.25, 0.3) is 0 Å². The first-order valence-electron chi connectivity index (χ1n) is 5.69. The van der Waals surface area contributed by atoms with Crippen molar-refractivity contribution >= 4 is 17.5 Å². The van der Waals surface area contributed by atoms with Gasteiger partial charge in [-0.1, -0.05) is 12.1 Å². The minimum atomic E-state index is -0.586. The molecule has 0 bridgehead atoms. The van der Waals surface area contributed by atoms with Gasteiger partial charge in [-0.25, -0.2) is 0 Å². The molecule has 0 aliphatic carbocycles. The number of nitrogens with two attached hydrogens (primary N) is 1. The van der Waals surface area contributed by atoms with Crippen molar-refractivity contribution in [3.8, 4) is 0 Å². The lowest BCUT2D eigenvalue weighted by Crippen LogP contribution is -2.52. The van der Waals surface area contributed by atoms with Crippen LogP contribution in [0.2, 0.25) is 0 Å². The van der Waals surface area contributed by atoms with Crippen molar-refractivity contribution < 1.29 is 14.7 Å². The molecule has 0 aromatic heterocycles. The van der Waals surface area contributed by atoms with Gasteiger partial charge >= 0.3 is 11.8 Å². The normalized spacial score (nSPS) is 17.6. The van der Waals surface area contributed by atoms with Crippen LogP contribution in [0.3, 0.4) is 0 Å². The summed E-state index contributed by atoms with van der Waals surface area (Å²) in [7, 11) is 0. The van der Waals surface area contributed by atoms with Gasteiger partial charge in [-0.3, -0.25) is 9.59 Å². The Morgan fingerprint density at radius 3 is 2.61 bits per heavy atom. The summed E-state index contributed by atoms with van der Waals surface area (Å²) >= 11 is 0. The van der Waals surface area contributed by atoms with E-state index in [0.29, 0.717) is 18.8 Å². The molecule has 1 aliphatic heterocycles. The van der Waals surface area contributed by atoms with E-state index in [0.717, 1.165) is 5.56 Å². The molecule has 6 heteroatoms. The van der Waals surface area contributed by atoms with E-state index >= 15 is 0 Å². The summed E-state index contributed by atoms with van der Waals surface area (Å²) in [5.74, 6) is -1.14. The van der Waals surface area contributed by atoms with Crippen molar-refractivity contribution in [2.75, 3.05) is 24.6 Å². The van der Waals surface area contributed by atoms with Crippen LogP contribution in [0.15, 0.2) is 24.3 Å². The number of amides is 2. The molecular weight excluding hydrogens is 234 g/mol. The summed E-state index contributed by atoms with van der Waals surface area (Å²) in [5.41, 5.74) is 7.12. The highest BCUT2D eigenvalue weighted by molar-refractivity contribution is 6.41. The third-order valence-corrected chi connectivity index (χ3v) is 2.89. The lowest BCUT2D eigenvalue weighted by Gasteiger charge is -2.26. The van der Waals surface area contributed by atoms with E-state index in [1.807, 2.05) is 0 Å². The second kappa shape index (κ2) is 5.16. The van der Waals surface area contributed by atoms with Crippen LogP contribution >= 0.6 is 0 Å². The molecule has 2 rings (SSSR count). The quantitative estimate of drug-likeness (QED) is 0.607. The van der Waals surface area contributed by atoms with Gasteiger partial charge in [-0.05, 0) is 17.7 Å². The Labute approximate surface area is 104 Å². The summed E-state index contributed by atoms with van der Waals surface area (Å²) in [6, 6.07) is 6.51. The standard InChI is InChI=1S/C12H15N3O3/c13-10(7-16)8-1-3-9(4-2-8)15-6-5-14-11(17)12(15)18/h1-4,10,16H,5-7,13H2,(H,14,17). The molecule has 4 N–H and O–H groups in total. The fourth-order valence-corrected chi connectivity index (χ4v) is 1.83. The van der Waals surface area contributed by atoms with Crippen LogP contribution in [0.4, 0.5) is 5.69 Å². The highest BCUT2D eigenvalue weighted by atomic mass is 16.3. The van der Waals surface area contributed by atoms with Gasteiger partial charge in [0, 0.05) is 18.8 Å². The lowest BCUT2D eigenvalue weighted by molar-refractivity contribution is -0.138. The van der Waals surface area contributed by atoms with E-state index < -0.39 is 17.9 Å². The van der Waals surface area contributed by atoms with Crippen LogP contribution in [-0.4, -0.2) is 36.6 Å². The molecule has 1 fully saturated rings. The number of nitrogens with one attached hydrogen (secondary N) is 1. The highest BCUT2D eigenvalue weighted by Crippen LogP contribution is 2.19. The van der Waals surface area contributed by atoms with Crippen LogP contribution in [0, 0.1) is 0 Å². The molecule has 18 heavy (non-hydrogen) atoms. The van der Waals surface area contributed by atoms with E-state index in [2.05, 4.69) is 5.32 Å². The number of anilines is 1. The van der Waals surface area contributed by atoms with Crippen LogP contribution in [-0.2, 0) is 9.59 Å². The zero-order valence-corrected chi connectivity index (χ0v) is 9.80. The van der Waals surface area contributed by atoms with Gasteiger partial charge in [0.15, 0.2) is 0 Å². The number of nitrogens with zero attached hydrogens (tertiary/aromatic N) is 1. The molecule has 1 atom stereocenters. The van der Waals surface area contributed by atoms with E-state index in [4.69, 9.17) is 10.8 Å². The van der Waals surface area contributed by atoms with Gasteiger partial charge in [0.05, 0.1) is 12.6 Å². The summed E-state index contributed by atoms with van der Waals surface area (Å²) in [6.07, 6.45) is 0. The Bertz CT molecular complexity index is 458. The zero-order valence-electron chi connectivity index (χ0n) is 9.80. The molecule has 0 saturated carbocycles. The molecule has 6 nitrogen and oxygen atoms in total. The minimum Gasteiger partial charge on any atom is -0.394 e. The molecule has 1 aliphatic rings. The average molecular weight is 249 g/mol. The number of aliphatic hydroxyl groups is 1. The van der Waals surface area contributed by atoms with Gasteiger partial charge in [0.25, 0.3) is 0 Å². The van der Waals surface area contributed by atoms with Crippen molar-refractivity contribution in [2.24, 2.45) is 5.73 Å². The molecule has 1 heterocycles. The Hall–Kier alpha value is -1.92. The molecular formula is C12H15N3O3. The third kappa shape index (κ3) is 2.34. The largest absolute Gasteiger partial charge is 0.394 e. The molecule has 1 aromatic carbocycles. The Kier molecular flexibility index (Phi) is 3.59. The van der Waals surface area contributed by atoms with E-state index in [9.17, 15) is 9.59 Å². The molecule has 0 spiro atoms. The third-order valence-electron chi connectivity index (χ3n) is 2.89. The molecule has 1 aromatic rings. The van der Waals surface area contributed by atoms with Gasteiger partial charge in [-0.2, -0.15) is 0 Å². The van der Waals surface area contributed by atoms with Crippen molar-refractivity contribution in [3.63, 3.8) is 0 Å².